The maximum Gasteiger partial charge on any atom is 0.242 e. The van der Waals surface area contributed by atoms with E-state index in [1.54, 1.807) is 12.3 Å². The van der Waals surface area contributed by atoms with Crippen molar-refractivity contribution < 1.29 is 13.5 Å². The smallest absolute Gasteiger partial charge is 0.242 e. The monoisotopic (exact) mass is 306 g/mol. The Morgan fingerprint density at radius 3 is 2.53 bits per heavy atom. The van der Waals surface area contributed by atoms with Gasteiger partial charge in [0.2, 0.25) is 10.0 Å². The average Bonchev–Trinajstić information content (AvgIpc) is 2.76. The molecule has 1 rings (SSSR count). The van der Waals surface area contributed by atoms with Crippen LogP contribution in [0.5, 0.6) is 0 Å². The van der Waals surface area contributed by atoms with Crippen LogP contribution in [0.3, 0.4) is 0 Å². The number of thiophene rings is 1. The normalized spacial score (nSPS) is 12.3. The molecule has 0 saturated heterocycles. The fraction of sp³-hybridized carbons (Fsp3) is 0.667. The number of aryl methyl sites for hydroxylation is 1. The molecule has 0 aliphatic carbocycles. The van der Waals surface area contributed by atoms with E-state index < -0.39 is 10.0 Å². The van der Waals surface area contributed by atoms with Crippen molar-refractivity contribution in [1.82, 2.24) is 9.62 Å². The van der Waals surface area contributed by atoms with Crippen molar-refractivity contribution in [3.63, 3.8) is 0 Å². The minimum absolute atomic E-state index is 0.236. The van der Waals surface area contributed by atoms with Crippen molar-refractivity contribution in [3.05, 3.63) is 15.8 Å². The van der Waals surface area contributed by atoms with Crippen LogP contribution >= 0.6 is 11.3 Å². The molecule has 1 aromatic rings. The second kappa shape index (κ2) is 7.35. The van der Waals surface area contributed by atoms with Crippen LogP contribution in [0.4, 0.5) is 0 Å². The summed E-state index contributed by atoms with van der Waals surface area (Å²) in [5.41, 5.74) is 0.685. The van der Waals surface area contributed by atoms with Gasteiger partial charge in [0, 0.05) is 13.1 Å². The Morgan fingerprint density at radius 2 is 2.00 bits per heavy atom. The van der Waals surface area contributed by atoms with Crippen LogP contribution in [0.25, 0.3) is 0 Å². The van der Waals surface area contributed by atoms with Gasteiger partial charge in [-0.05, 0) is 31.0 Å². The Labute approximate surface area is 119 Å². The highest BCUT2D eigenvalue weighted by atomic mass is 32.2. The number of nitrogens with zero attached hydrogens (tertiary/aromatic N) is 1. The molecule has 1 aromatic heterocycles. The van der Waals surface area contributed by atoms with Crippen molar-refractivity contribution in [1.29, 1.82) is 0 Å². The van der Waals surface area contributed by atoms with Gasteiger partial charge in [-0.2, -0.15) is 0 Å². The van der Waals surface area contributed by atoms with Crippen LogP contribution in [0, 0.1) is 6.92 Å². The van der Waals surface area contributed by atoms with E-state index in [9.17, 15) is 13.5 Å². The number of sulfonamides is 1. The molecule has 0 unspecified atom stereocenters. The standard InChI is InChI=1S/C12H22N2O3S2/c1-4-14(5-2)7-6-13-19(16,17)12-10(3)9-18-11(12)8-15/h9,13,15H,4-8H2,1-3H3. The molecule has 0 bridgehead atoms. The first kappa shape index (κ1) is 16.6. The molecule has 5 nitrogen and oxygen atoms in total. The molecule has 0 aliphatic rings. The number of aliphatic hydroxyl groups is 1. The third kappa shape index (κ3) is 4.25. The topological polar surface area (TPSA) is 69.6 Å². The van der Waals surface area contributed by atoms with Gasteiger partial charge in [0.1, 0.15) is 4.90 Å². The lowest BCUT2D eigenvalue weighted by molar-refractivity contribution is 0.282. The zero-order valence-electron chi connectivity index (χ0n) is 11.6. The van der Waals surface area contributed by atoms with Crippen LogP contribution in [0.2, 0.25) is 0 Å². The van der Waals surface area contributed by atoms with Crippen molar-refractivity contribution in [2.45, 2.75) is 32.3 Å². The van der Waals surface area contributed by atoms with Crippen LogP contribution in [0.1, 0.15) is 24.3 Å². The summed E-state index contributed by atoms with van der Waals surface area (Å²) >= 11 is 1.27. The number of rotatable bonds is 8. The number of hydrogen-bond donors (Lipinski definition) is 2. The van der Waals surface area contributed by atoms with Gasteiger partial charge in [0.25, 0.3) is 0 Å². The molecular formula is C12H22N2O3S2. The van der Waals surface area contributed by atoms with E-state index in [1.165, 1.54) is 11.3 Å². The molecule has 0 aromatic carbocycles. The van der Waals surface area contributed by atoms with E-state index in [0.717, 1.165) is 13.1 Å². The molecule has 1 heterocycles. The van der Waals surface area contributed by atoms with Crippen molar-refractivity contribution >= 4 is 21.4 Å². The largest absolute Gasteiger partial charge is 0.391 e. The van der Waals surface area contributed by atoms with Gasteiger partial charge in [0.05, 0.1) is 11.5 Å². The summed E-state index contributed by atoms with van der Waals surface area (Å²) in [5.74, 6) is 0. The summed E-state index contributed by atoms with van der Waals surface area (Å²) in [4.78, 5) is 2.88. The zero-order valence-corrected chi connectivity index (χ0v) is 13.3. The predicted octanol–water partition coefficient (Wildman–Crippen LogP) is 1.17. The van der Waals surface area contributed by atoms with Gasteiger partial charge >= 0.3 is 0 Å². The molecule has 0 saturated carbocycles. The fourth-order valence-corrected chi connectivity index (χ4v) is 4.59. The molecule has 0 fully saturated rings. The maximum atomic E-state index is 12.2. The Hall–Kier alpha value is -0.470. The third-order valence-corrected chi connectivity index (χ3v) is 5.92. The highest BCUT2D eigenvalue weighted by Gasteiger charge is 2.22. The van der Waals surface area contributed by atoms with E-state index in [4.69, 9.17) is 0 Å². The Morgan fingerprint density at radius 1 is 1.37 bits per heavy atom. The molecule has 0 atom stereocenters. The third-order valence-electron chi connectivity index (χ3n) is 3.02. The first-order chi connectivity index (χ1) is 8.96. The molecule has 0 amide bonds. The van der Waals surface area contributed by atoms with Gasteiger partial charge in [-0.25, -0.2) is 13.1 Å². The van der Waals surface area contributed by atoms with Gasteiger partial charge in [-0.1, -0.05) is 13.8 Å². The van der Waals surface area contributed by atoms with Gasteiger partial charge in [-0.15, -0.1) is 11.3 Å². The maximum absolute atomic E-state index is 12.2. The van der Waals surface area contributed by atoms with E-state index >= 15 is 0 Å². The number of nitrogens with one attached hydrogen (secondary N) is 1. The summed E-state index contributed by atoms with van der Waals surface area (Å²) < 4.78 is 27.0. The minimum Gasteiger partial charge on any atom is -0.391 e. The lowest BCUT2D eigenvalue weighted by atomic mass is 10.3. The van der Waals surface area contributed by atoms with Crippen molar-refractivity contribution in [2.75, 3.05) is 26.2 Å². The molecule has 19 heavy (non-hydrogen) atoms. The summed E-state index contributed by atoms with van der Waals surface area (Å²) in [5, 5.41) is 10.9. The first-order valence-electron chi connectivity index (χ1n) is 6.36. The zero-order chi connectivity index (χ0) is 14.5. The molecule has 0 radical (unpaired) electrons. The van der Waals surface area contributed by atoms with E-state index in [-0.39, 0.29) is 11.5 Å². The average molecular weight is 306 g/mol. The van der Waals surface area contributed by atoms with Gasteiger partial charge in [0.15, 0.2) is 0 Å². The number of hydrogen-bond acceptors (Lipinski definition) is 5. The first-order valence-corrected chi connectivity index (χ1v) is 8.72. The highest BCUT2D eigenvalue weighted by Crippen LogP contribution is 2.26. The second-order valence-electron chi connectivity index (χ2n) is 4.25. The Bertz CT molecular complexity index is 493. The van der Waals surface area contributed by atoms with Crippen molar-refractivity contribution in [2.24, 2.45) is 0 Å². The summed E-state index contributed by atoms with van der Waals surface area (Å²) in [6.45, 7) is 8.46. The van der Waals surface area contributed by atoms with Gasteiger partial charge in [-0.3, -0.25) is 0 Å². The van der Waals surface area contributed by atoms with Crippen LogP contribution in [0.15, 0.2) is 10.3 Å². The summed E-state index contributed by atoms with van der Waals surface area (Å²) in [6.07, 6.45) is 0. The quantitative estimate of drug-likeness (QED) is 0.756. The van der Waals surface area contributed by atoms with Gasteiger partial charge < -0.3 is 10.0 Å². The number of likely N-dealkylation sites (N-methyl/N-ethyl adjacent to an activating group) is 1. The van der Waals surface area contributed by atoms with E-state index in [0.29, 0.717) is 23.5 Å². The summed E-state index contributed by atoms with van der Waals surface area (Å²) in [6, 6.07) is 0. The van der Waals surface area contributed by atoms with Crippen LogP contribution in [-0.4, -0.2) is 44.6 Å². The Kier molecular flexibility index (Phi) is 6.41. The molecule has 7 heteroatoms. The van der Waals surface area contributed by atoms with E-state index in [2.05, 4.69) is 9.62 Å². The fourth-order valence-electron chi connectivity index (χ4n) is 1.91. The lowest BCUT2D eigenvalue weighted by Gasteiger charge is -2.18. The SMILES string of the molecule is CCN(CC)CCNS(=O)(=O)c1c(C)csc1CO. The summed E-state index contributed by atoms with van der Waals surface area (Å²) in [7, 11) is -3.53. The van der Waals surface area contributed by atoms with Crippen LogP contribution < -0.4 is 4.72 Å². The molecule has 0 spiro atoms. The Balaban J connectivity index is 2.73. The molecular weight excluding hydrogens is 284 g/mol. The van der Waals surface area contributed by atoms with Crippen molar-refractivity contribution in [3.8, 4) is 0 Å². The van der Waals surface area contributed by atoms with E-state index in [1.807, 2.05) is 13.8 Å². The minimum atomic E-state index is -3.53. The number of aliphatic hydroxyl groups excluding tert-OH is 1. The second-order valence-corrected chi connectivity index (χ2v) is 6.92. The predicted molar refractivity (Wildman–Crippen MR) is 78.0 cm³/mol. The lowest BCUT2D eigenvalue weighted by Crippen LogP contribution is -2.35. The molecule has 0 aliphatic heterocycles. The molecule has 2 N–H and O–H groups in total. The highest BCUT2D eigenvalue weighted by molar-refractivity contribution is 7.89. The van der Waals surface area contributed by atoms with Crippen LogP contribution in [-0.2, 0) is 16.6 Å². The molecule has 110 valence electrons.